The number of amides is 1. The smallest absolute Gasteiger partial charge is 0.253 e. The Balaban J connectivity index is 1.67. The zero-order valence-electron chi connectivity index (χ0n) is 19.0. The molecular weight excluding hydrogens is 406 g/mol. The van der Waals surface area contributed by atoms with Crippen molar-refractivity contribution in [2.24, 2.45) is 0 Å². The van der Waals surface area contributed by atoms with Gasteiger partial charge in [-0.1, -0.05) is 48.0 Å². The Labute approximate surface area is 189 Å². The SMILES string of the molecule is COc1cc(C(=O)N(C)CCOc2ccc(C)cc2)cc(OC)c1OCc1ccccc1. The first-order chi connectivity index (χ1) is 15.5. The van der Waals surface area contributed by atoms with Crippen molar-refractivity contribution in [1.82, 2.24) is 4.90 Å². The van der Waals surface area contributed by atoms with Crippen LogP contribution in [0.25, 0.3) is 0 Å². The first kappa shape index (κ1) is 23.0. The van der Waals surface area contributed by atoms with Crippen LogP contribution in [0.5, 0.6) is 23.0 Å². The molecule has 0 N–H and O–H groups in total. The molecule has 0 aromatic heterocycles. The van der Waals surface area contributed by atoms with Gasteiger partial charge in [0.1, 0.15) is 19.0 Å². The molecule has 32 heavy (non-hydrogen) atoms. The van der Waals surface area contributed by atoms with E-state index in [9.17, 15) is 4.79 Å². The molecule has 3 rings (SSSR count). The number of ether oxygens (including phenoxy) is 4. The Morgan fingerprint density at radius 1 is 0.875 bits per heavy atom. The number of carbonyl (C=O) groups is 1. The van der Waals surface area contributed by atoms with Crippen LogP contribution in [0.15, 0.2) is 66.7 Å². The molecule has 6 heteroatoms. The van der Waals surface area contributed by atoms with Crippen LogP contribution in [0, 0.1) is 6.92 Å². The Morgan fingerprint density at radius 3 is 2.09 bits per heavy atom. The molecule has 0 unspecified atom stereocenters. The summed E-state index contributed by atoms with van der Waals surface area (Å²) in [5, 5.41) is 0. The maximum atomic E-state index is 13.0. The number of hydrogen-bond donors (Lipinski definition) is 0. The van der Waals surface area contributed by atoms with Gasteiger partial charge in [0.15, 0.2) is 11.5 Å². The minimum atomic E-state index is -0.163. The van der Waals surface area contributed by atoms with Crippen LogP contribution in [0.3, 0.4) is 0 Å². The normalized spacial score (nSPS) is 10.4. The molecule has 0 aliphatic heterocycles. The van der Waals surface area contributed by atoms with Crippen molar-refractivity contribution in [3.05, 3.63) is 83.4 Å². The van der Waals surface area contributed by atoms with Crippen molar-refractivity contribution in [2.75, 3.05) is 34.4 Å². The van der Waals surface area contributed by atoms with Crippen LogP contribution in [-0.2, 0) is 6.61 Å². The van der Waals surface area contributed by atoms with Gasteiger partial charge in [-0.05, 0) is 36.8 Å². The third-order valence-corrected chi connectivity index (χ3v) is 5.00. The van der Waals surface area contributed by atoms with Crippen LogP contribution in [-0.4, -0.2) is 45.2 Å². The van der Waals surface area contributed by atoms with Crippen molar-refractivity contribution in [2.45, 2.75) is 13.5 Å². The highest BCUT2D eigenvalue weighted by Gasteiger charge is 2.20. The minimum Gasteiger partial charge on any atom is -0.493 e. The van der Waals surface area contributed by atoms with Gasteiger partial charge in [0.2, 0.25) is 5.75 Å². The van der Waals surface area contributed by atoms with E-state index in [4.69, 9.17) is 18.9 Å². The van der Waals surface area contributed by atoms with Gasteiger partial charge < -0.3 is 23.8 Å². The Bertz CT molecular complexity index is 993. The van der Waals surface area contributed by atoms with Gasteiger partial charge in [0.05, 0.1) is 20.8 Å². The Morgan fingerprint density at radius 2 is 1.50 bits per heavy atom. The Kier molecular flexibility index (Phi) is 7.97. The van der Waals surface area contributed by atoms with E-state index in [-0.39, 0.29) is 5.91 Å². The number of aryl methyl sites for hydroxylation is 1. The first-order valence-corrected chi connectivity index (χ1v) is 10.4. The maximum absolute atomic E-state index is 13.0. The fraction of sp³-hybridized carbons (Fsp3) is 0.269. The van der Waals surface area contributed by atoms with Crippen molar-refractivity contribution in [3.8, 4) is 23.0 Å². The molecular formula is C26H29NO5. The first-order valence-electron chi connectivity index (χ1n) is 10.4. The van der Waals surface area contributed by atoms with E-state index in [1.54, 1.807) is 24.1 Å². The summed E-state index contributed by atoms with van der Waals surface area (Å²) in [5.74, 6) is 1.95. The number of rotatable bonds is 10. The fourth-order valence-electron chi connectivity index (χ4n) is 3.13. The number of benzene rings is 3. The van der Waals surface area contributed by atoms with Crippen LogP contribution in [0.4, 0.5) is 0 Å². The zero-order chi connectivity index (χ0) is 22.9. The summed E-state index contributed by atoms with van der Waals surface area (Å²) >= 11 is 0. The van der Waals surface area contributed by atoms with E-state index in [0.29, 0.717) is 42.6 Å². The maximum Gasteiger partial charge on any atom is 0.253 e. The second-order valence-corrected chi connectivity index (χ2v) is 7.37. The average Bonchev–Trinajstić information content (AvgIpc) is 2.83. The molecule has 6 nitrogen and oxygen atoms in total. The lowest BCUT2D eigenvalue weighted by Gasteiger charge is -2.20. The van der Waals surface area contributed by atoms with Gasteiger partial charge in [0.25, 0.3) is 5.91 Å². The molecule has 0 radical (unpaired) electrons. The molecule has 0 atom stereocenters. The molecule has 0 saturated heterocycles. The highest BCUT2D eigenvalue weighted by atomic mass is 16.5. The molecule has 0 aliphatic rings. The second-order valence-electron chi connectivity index (χ2n) is 7.37. The summed E-state index contributed by atoms with van der Waals surface area (Å²) in [5.41, 5.74) is 2.64. The van der Waals surface area contributed by atoms with Gasteiger partial charge in [-0.3, -0.25) is 4.79 Å². The number of carbonyl (C=O) groups excluding carboxylic acids is 1. The van der Waals surface area contributed by atoms with E-state index >= 15 is 0 Å². The highest BCUT2D eigenvalue weighted by Crippen LogP contribution is 2.39. The van der Waals surface area contributed by atoms with Crippen LogP contribution >= 0.6 is 0 Å². The lowest BCUT2D eigenvalue weighted by Crippen LogP contribution is -2.31. The fourth-order valence-corrected chi connectivity index (χ4v) is 3.13. The van der Waals surface area contributed by atoms with Crippen molar-refractivity contribution in [1.29, 1.82) is 0 Å². The third-order valence-electron chi connectivity index (χ3n) is 5.00. The van der Waals surface area contributed by atoms with Crippen molar-refractivity contribution >= 4 is 5.91 Å². The summed E-state index contributed by atoms with van der Waals surface area (Å²) in [4.78, 5) is 14.6. The minimum absolute atomic E-state index is 0.163. The molecule has 3 aromatic rings. The highest BCUT2D eigenvalue weighted by molar-refractivity contribution is 5.95. The van der Waals surface area contributed by atoms with E-state index in [1.807, 2.05) is 61.5 Å². The summed E-state index contributed by atoms with van der Waals surface area (Å²) in [6.07, 6.45) is 0. The van der Waals surface area contributed by atoms with E-state index in [2.05, 4.69) is 0 Å². The monoisotopic (exact) mass is 435 g/mol. The molecule has 0 fully saturated rings. The average molecular weight is 436 g/mol. The van der Waals surface area contributed by atoms with Crippen molar-refractivity contribution < 1.29 is 23.7 Å². The third kappa shape index (κ3) is 5.94. The molecule has 3 aromatic carbocycles. The predicted octanol–water partition coefficient (Wildman–Crippen LogP) is 4.74. The quantitative estimate of drug-likeness (QED) is 0.460. The molecule has 168 valence electrons. The summed E-state index contributed by atoms with van der Waals surface area (Å²) in [6, 6.07) is 21.0. The summed E-state index contributed by atoms with van der Waals surface area (Å²) in [7, 11) is 4.81. The number of nitrogens with zero attached hydrogens (tertiary/aromatic N) is 1. The van der Waals surface area contributed by atoms with Gasteiger partial charge in [0, 0.05) is 12.6 Å². The summed E-state index contributed by atoms with van der Waals surface area (Å²) in [6.45, 7) is 3.20. The van der Waals surface area contributed by atoms with Gasteiger partial charge in [-0.2, -0.15) is 0 Å². The zero-order valence-corrected chi connectivity index (χ0v) is 19.0. The topological polar surface area (TPSA) is 57.2 Å². The van der Waals surface area contributed by atoms with Gasteiger partial charge in [-0.15, -0.1) is 0 Å². The van der Waals surface area contributed by atoms with Crippen LogP contribution in [0.2, 0.25) is 0 Å². The largest absolute Gasteiger partial charge is 0.493 e. The van der Waals surface area contributed by atoms with E-state index in [0.717, 1.165) is 11.3 Å². The molecule has 0 spiro atoms. The van der Waals surface area contributed by atoms with Gasteiger partial charge >= 0.3 is 0 Å². The van der Waals surface area contributed by atoms with E-state index in [1.165, 1.54) is 19.8 Å². The van der Waals surface area contributed by atoms with E-state index < -0.39 is 0 Å². The molecule has 1 amide bonds. The number of likely N-dealkylation sites (N-methyl/N-ethyl adjacent to an activating group) is 1. The standard InChI is InChI=1S/C26H29NO5/c1-19-10-12-22(13-11-19)31-15-14-27(2)26(28)21-16-23(29-3)25(24(17-21)30-4)32-18-20-8-6-5-7-9-20/h5-13,16-17H,14-15,18H2,1-4H3. The van der Waals surface area contributed by atoms with Crippen LogP contribution < -0.4 is 18.9 Å². The Hall–Kier alpha value is -3.67. The number of methoxy groups -OCH3 is 2. The molecule has 0 heterocycles. The predicted molar refractivity (Wildman–Crippen MR) is 124 cm³/mol. The molecule has 0 saturated carbocycles. The molecule has 0 bridgehead atoms. The van der Waals surface area contributed by atoms with Crippen LogP contribution in [0.1, 0.15) is 21.5 Å². The lowest BCUT2D eigenvalue weighted by molar-refractivity contribution is 0.0773. The second kappa shape index (κ2) is 11.1. The van der Waals surface area contributed by atoms with Gasteiger partial charge in [-0.25, -0.2) is 0 Å². The number of hydrogen-bond acceptors (Lipinski definition) is 5. The molecule has 0 aliphatic carbocycles. The van der Waals surface area contributed by atoms with Crippen molar-refractivity contribution in [3.63, 3.8) is 0 Å². The summed E-state index contributed by atoms with van der Waals surface area (Å²) < 4.78 is 22.7. The lowest BCUT2D eigenvalue weighted by atomic mass is 10.1.